The molecule has 1 N–H and O–H groups in total. The summed E-state index contributed by atoms with van der Waals surface area (Å²) in [6, 6.07) is 8.97. The maximum atomic E-state index is 12.8. The molecule has 7 nitrogen and oxygen atoms in total. The Bertz CT molecular complexity index is 993. The summed E-state index contributed by atoms with van der Waals surface area (Å²) in [6.45, 7) is 1.11. The minimum atomic E-state index is -3.57. The zero-order valence-electron chi connectivity index (χ0n) is 16.9. The first-order valence-corrected chi connectivity index (χ1v) is 12.6. The number of hydrogen-bond donors (Lipinski definition) is 1. The van der Waals surface area contributed by atoms with Crippen LogP contribution in [-0.2, 0) is 21.2 Å². The highest BCUT2D eigenvalue weighted by molar-refractivity contribution is 9.11. The van der Waals surface area contributed by atoms with Crippen LogP contribution >= 0.6 is 27.3 Å². The van der Waals surface area contributed by atoms with Gasteiger partial charge in [0.25, 0.3) is 10.0 Å². The molecule has 3 rings (SSSR count). The zero-order valence-corrected chi connectivity index (χ0v) is 20.1. The molecule has 0 aliphatic carbocycles. The van der Waals surface area contributed by atoms with Crippen molar-refractivity contribution in [1.82, 2.24) is 9.62 Å². The number of methoxy groups -OCH3 is 2. The van der Waals surface area contributed by atoms with Crippen molar-refractivity contribution in [3.63, 3.8) is 0 Å². The Hall–Kier alpha value is -1.62. The molecule has 0 spiro atoms. The van der Waals surface area contributed by atoms with Crippen LogP contribution in [0.25, 0.3) is 0 Å². The summed E-state index contributed by atoms with van der Waals surface area (Å²) in [6.07, 6.45) is 1.99. The quantitative estimate of drug-likeness (QED) is 0.581. The fourth-order valence-corrected chi connectivity index (χ4v) is 7.14. The van der Waals surface area contributed by atoms with Gasteiger partial charge in [-0.1, -0.05) is 6.07 Å². The van der Waals surface area contributed by atoms with Crippen molar-refractivity contribution < 1.29 is 22.7 Å². The summed E-state index contributed by atoms with van der Waals surface area (Å²) in [5, 5.41) is 2.95. The first kappa shape index (κ1) is 23.1. The Labute approximate surface area is 189 Å². The molecule has 1 saturated heterocycles. The van der Waals surface area contributed by atoms with E-state index in [-0.39, 0.29) is 18.4 Å². The molecule has 1 aromatic carbocycles. The highest BCUT2D eigenvalue weighted by atomic mass is 79.9. The molecule has 30 heavy (non-hydrogen) atoms. The second-order valence-electron chi connectivity index (χ2n) is 6.99. The Balaban J connectivity index is 1.55. The summed E-state index contributed by atoms with van der Waals surface area (Å²) < 4.78 is 38.7. The lowest BCUT2D eigenvalue weighted by atomic mass is 9.99. The van der Waals surface area contributed by atoms with E-state index in [1.807, 2.05) is 18.2 Å². The number of carbonyl (C=O) groups is 1. The minimum Gasteiger partial charge on any atom is -0.493 e. The molecule has 1 aliphatic heterocycles. The largest absolute Gasteiger partial charge is 0.493 e. The predicted octanol–water partition coefficient (Wildman–Crippen LogP) is 3.29. The first-order valence-electron chi connectivity index (χ1n) is 9.59. The maximum absolute atomic E-state index is 12.8. The lowest BCUT2D eigenvalue weighted by Gasteiger charge is -2.30. The lowest BCUT2D eigenvalue weighted by molar-refractivity contribution is -0.126. The number of piperidine rings is 1. The summed E-state index contributed by atoms with van der Waals surface area (Å²) in [5.74, 6) is 0.853. The van der Waals surface area contributed by atoms with E-state index >= 15 is 0 Å². The van der Waals surface area contributed by atoms with Gasteiger partial charge in [-0.15, -0.1) is 11.3 Å². The third kappa shape index (κ3) is 5.35. The van der Waals surface area contributed by atoms with Crippen LogP contribution in [0, 0.1) is 5.92 Å². The monoisotopic (exact) mass is 516 g/mol. The van der Waals surface area contributed by atoms with E-state index in [4.69, 9.17) is 9.47 Å². The number of benzene rings is 1. The topological polar surface area (TPSA) is 84.9 Å². The van der Waals surface area contributed by atoms with E-state index in [1.165, 1.54) is 15.6 Å². The van der Waals surface area contributed by atoms with Gasteiger partial charge >= 0.3 is 0 Å². The molecule has 0 saturated carbocycles. The van der Waals surface area contributed by atoms with Crippen LogP contribution in [0.1, 0.15) is 18.4 Å². The van der Waals surface area contributed by atoms with Crippen molar-refractivity contribution in [1.29, 1.82) is 0 Å². The number of ether oxygens (including phenoxy) is 2. The van der Waals surface area contributed by atoms with Crippen LogP contribution in [0.5, 0.6) is 11.5 Å². The van der Waals surface area contributed by atoms with Gasteiger partial charge in [-0.05, 0) is 65.0 Å². The van der Waals surface area contributed by atoms with E-state index in [9.17, 15) is 13.2 Å². The number of sulfonamides is 1. The van der Waals surface area contributed by atoms with E-state index < -0.39 is 10.0 Å². The van der Waals surface area contributed by atoms with Crippen LogP contribution in [-0.4, -0.2) is 52.5 Å². The standard InChI is InChI=1S/C20H25BrN2O5S2/c1-27-16-6-5-14(12-17(16)28-2)9-10-22-20(24)15-4-3-11-23(13-15)30(25,26)19-8-7-18(21)29-19/h5-8,12,15H,3-4,9-11,13H2,1-2H3,(H,22,24)/t15-/m0/s1. The molecular weight excluding hydrogens is 492 g/mol. The van der Waals surface area contributed by atoms with Gasteiger partial charge in [0.1, 0.15) is 4.21 Å². The van der Waals surface area contributed by atoms with Crippen LogP contribution < -0.4 is 14.8 Å². The number of nitrogens with one attached hydrogen (secondary N) is 1. The number of rotatable bonds is 8. The number of halogens is 1. The molecule has 1 aliphatic rings. The third-order valence-corrected chi connectivity index (χ3v) is 9.01. The van der Waals surface area contributed by atoms with Crippen molar-refractivity contribution in [2.24, 2.45) is 5.92 Å². The van der Waals surface area contributed by atoms with Gasteiger partial charge in [-0.2, -0.15) is 4.31 Å². The molecular formula is C20H25BrN2O5S2. The molecule has 0 unspecified atom stereocenters. The van der Waals surface area contributed by atoms with Gasteiger partial charge in [0.15, 0.2) is 11.5 Å². The number of thiophene rings is 1. The van der Waals surface area contributed by atoms with Crippen LogP contribution in [0.2, 0.25) is 0 Å². The molecule has 0 bridgehead atoms. The highest BCUT2D eigenvalue weighted by Crippen LogP contribution is 2.31. The van der Waals surface area contributed by atoms with Gasteiger partial charge in [0, 0.05) is 19.6 Å². The number of nitrogens with zero attached hydrogens (tertiary/aromatic N) is 1. The predicted molar refractivity (Wildman–Crippen MR) is 120 cm³/mol. The van der Waals surface area contributed by atoms with Gasteiger partial charge in [-0.3, -0.25) is 4.79 Å². The minimum absolute atomic E-state index is 0.109. The van der Waals surface area contributed by atoms with E-state index in [1.54, 1.807) is 26.4 Å². The Morgan fingerprint density at radius 1 is 1.23 bits per heavy atom. The summed E-state index contributed by atoms with van der Waals surface area (Å²) in [5.41, 5.74) is 1.02. The second kappa shape index (κ2) is 10.1. The highest BCUT2D eigenvalue weighted by Gasteiger charge is 2.33. The molecule has 2 heterocycles. The number of amides is 1. The second-order valence-corrected chi connectivity index (χ2v) is 11.6. The molecule has 0 radical (unpaired) electrons. The van der Waals surface area contributed by atoms with Gasteiger partial charge in [0.2, 0.25) is 5.91 Å². The Morgan fingerprint density at radius 3 is 2.67 bits per heavy atom. The summed E-state index contributed by atoms with van der Waals surface area (Å²) in [4.78, 5) is 12.6. The Kier molecular flexibility index (Phi) is 7.78. The summed E-state index contributed by atoms with van der Waals surface area (Å²) in [7, 11) is -0.399. The van der Waals surface area contributed by atoms with Gasteiger partial charge < -0.3 is 14.8 Å². The number of hydrogen-bond acceptors (Lipinski definition) is 6. The van der Waals surface area contributed by atoms with Crippen LogP contribution in [0.3, 0.4) is 0 Å². The zero-order chi connectivity index (χ0) is 21.7. The van der Waals surface area contributed by atoms with Crippen LogP contribution in [0.4, 0.5) is 0 Å². The molecule has 164 valence electrons. The fourth-order valence-electron chi connectivity index (χ4n) is 3.45. The van der Waals surface area contributed by atoms with Crippen LogP contribution in [0.15, 0.2) is 38.3 Å². The van der Waals surface area contributed by atoms with Crippen molar-refractivity contribution in [2.45, 2.75) is 23.5 Å². The normalized spacial score (nSPS) is 17.5. The van der Waals surface area contributed by atoms with Gasteiger partial charge in [-0.25, -0.2) is 8.42 Å². The average Bonchev–Trinajstić information content (AvgIpc) is 3.20. The van der Waals surface area contributed by atoms with Gasteiger partial charge in [0.05, 0.1) is 23.9 Å². The van der Waals surface area contributed by atoms with E-state index in [2.05, 4.69) is 21.2 Å². The lowest BCUT2D eigenvalue weighted by Crippen LogP contribution is -2.45. The SMILES string of the molecule is COc1ccc(CCNC(=O)[C@H]2CCCN(S(=O)(=O)c3ccc(Br)s3)C2)cc1OC. The summed E-state index contributed by atoms with van der Waals surface area (Å²) >= 11 is 4.49. The molecule has 1 atom stereocenters. The molecule has 1 fully saturated rings. The fraction of sp³-hybridized carbons (Fsp3) is 0.450. The third-order valence-electron chi connectivity index (χ3n) is 5.06. The molecule has 1 amide bonds. The van der Waals surface area contributed by atoms with E-state index in [0.717, 1.165) is 9.35 Å². The number of carbonyl (C=O) groups excluding carboxylic acids is 1. The van der Waals surface area contributed by atoms with Crippen molar-refractivity contribution >= 4 is 43.2 Å². The average molecular weight is 517 g/mol. The first-order chi connectivity index (χ1) is 14.3. The van der Waals surface area contributed by atoms with Crippen molar-refractivity contribution in [2.75, 3.05) is 33.9 Å². The van der Waals surface area contributed by atoms with Crippen molar-refractivity contribution in [3.8, 4) is 11.5 Å². The molecule has 10 heteroatoms. The maximum Gasteiger partial charge on any atom is 0.252 e. The Morgan fingerprint density at radius 2 is 2.00 bits per heavy atom. The van der Waals surface area contributed by atoms with Crippen molar-refractivity contribution in [3.05, 3.63) is 39.7 Å². The molecule has 2 aromatic rings. The molecule has 1 aromatic heterocycles. The van der Waals surface area contributed by atoms with E-state index in [0.29, 0.717) is 48.1 Å². The smallest absolute Gasteiger partial charge is 0.252 e.